The quantitative estimate of drug-likeness (QED) is 0.702. The van der Waals surface area contributed by atoms with Crippen molar-refractivity contribution in [2.24, 2.45) is 0 Å². The number of hydrogen-bond acceptors (Lipinski definition) is 4. The maximum atomic E-state index is 12.7. The minimum atomic E-state index is -0.919. The van der Waals surface area contributed by atoms with Crippen LogP contribution in [0.2, 0.25) is 5.02 Å². The van der Waals surface area contributed by atoms with Crippen LogP contribution in [0.1, 0.15) is 27.6 Å². The molecule has 0 aromatic heterocycles. The third-order valence-electron chi connectivity index (χ3n) is 4.31. The fraction of sp³-hybridized carbons (Fsp3) is 0.0952. The molecule has 3 aromatic carbocycles. The molecule has 3 aromatic rings. The van der Waals surface area contributed by atoms with E-state index in [9.17, 15) is 9.90 Å². The van der Waals surface area contributed by atoms with Crippen molar-refractivity contribution in [3.05, 3.63) is 88.4 Å². The number of amides is 1. The van der Waals surface area contributed by atoms with Gasteiger partial charge in [0.05, 0.1) is 0 Å². The van der Waals surface area contributed by atoms with Crippen LogP contribution in [0.3, 0.4) is 0 Å². The van der Waals surface area contributed by atoms with E-state index in [-0.39, 0.29) is 12.7 Å². The number of ether oxygens (including phenoxy) is 2. The summed E-state index contributed by atoms with van der Waals surface area (Å²) in [7, 11) is 0. The molecule has 27 heavy (non-hydrogen) atoms. The van der Waals surface area contributed by atoms with E-state index in [2.05, 4.69) is 5.32 Å². The lowest BCUT2D eigenvalue weighted by atomic mass is 9.99. The highest BCUT2D eigenvalue weighted by Gasteiger charge is 2.19. The van der Waals surface area contributed by atoms with E-state index in [1.54, 1.807) is 36.4 Å². The molecule has 2 N–H and O–H groups in total. The zero-order chi connectivity index (χ0) is 18.8. The number of carbonyl (C=O) groups excluding carboxylic acids is 1. The Kier molecular flexibility index (Phi) is 4.71. The van der Waals surface area contributed by atoms with Crippen molar-refractivity contribution < 1.29 is 19.4 Å². The van der Waals surface area contributed by atoms with E-state index in [1.165, 1.54) is 0 Å². The number of fused-ring (bicyclic) bond motifs is 1. The molecule has 1 atom stereocenters. The van der Waals surface area contributed by atoms with E-state index >= 15 is 0 Å². The van der Waals surface area contributed by atoms with E-state index in [1.807, 2.05) is 30.3 Å². The Bertz CT molecular complexity index is 991. The largest absolute Gasteiger partial charge is 0.454 e. The molecule has 4 rings (SSSR count). The molecule has 136 valence electrons. The van der Waals surface area contributed by atoms with Gasteiger partial charge in [-0.05, 0) is 42.0 Å². The van der Waals surface area contributed by atoms with E-state index in [0.717, 1.165) is 0 Å². The van der Waals surface area contributed by atoms with Gasteiger partial charge in [0.15, 0.2) is 11.5 Å². The molecule has 0 spiro atoms. The molecule has 0 saturated heterocycles. The number of nitrogens with one attached hydrogen (secondary N) is 1. The van der Waals surface area contributed by atoms with Crippen LogP contribution in [0.15, 0.2) is 66.7 Å². The third kappa shape index (κ3) is 3.60. The van der Waals surface area contributed by atoms with Crippen LogP contribution in [-0.4, -0.2) is 17.8 Å². The smallest absolute Gasteiger partial charge is 0.255 e. The summed E-state index contributed by atoms with van der Waals surface area (Å²) in [6.45, 7) is 0.144. The summed E-state index contributed by atoms with van der Waals surface area (Å²) in [4.78, 5) is 12.7. The van der Waals surface area contributed by atoms with Crippen molar-refractivity contribution in [2.45, 2.75) is 6.10 Å². The molecule has 1 aliphatic rings. The molecule has 1 heterocycles. The number of benzene rings is 3. The maximum Gasteiger partial charge on any atom is 0.255 e. The van der Waals surface area contributed by atoms with Gasteiger partial charge in [0, 0.05) is 21.8 Å². The topological polar surface area (TPSA) is 67.8 Å². The first-order chi connectivity index (χ1) is 13.1. The normalized spacial score (nSPS) is 13.3. The maximum absolute atomic E-state index is 12.7. The van der Waals surface area contributed by atoms with Gasteiger partial charge in [0.2, 0.25) is 6.79 Å². The summed E-state index contributed by atoms with van der Waals surface area (Å²) < 4.78 is 10.6. The lowest BCUT2D eigenvalue weighted by Gasteiger charge is -2.17. The van der Waals surface area contributed by atoms with Gasteiger partial charge < -0.3 is 19.9 Å². The van der Waals surface area contributed by atoms with Crippen molar-refractivity contribution in [1.82, 2.24) is 0 Å². The highest BCUT2D eigenvalue weighted by Crippen LogP contribution is 2.34. The van der Waals surface area contributed by atoms with Crippen LogP contribution in [0, 0.1) is 0 Å². The van der Waals surface area contributed by atoms with Crippen LogP contribution in [0.4, 0.5) is 5.69 Å². The number of anilines is 1. The monoisotopic (exact) mass is 381 g/mol. The highest BCUT2D eigenvalue weighted by atomic mass is 35.5. The first-order valence-electron chi connectivity index (χ1n) is 8.35. The predicted molar refractivity (Wildman–Crippen MR) is 102 cm³/mol. The third-order valence-corrected chi connectivity index (χ3v) is 4.54. The SMILES string of the molecule is O=C(Nc1ccc(Cl)cc1[C@@H](O)c1ccccc1)c1ccc2c(c1)OCO2. The Morgan fingerprint density at radius 2 is 1.78 bits per heavy atom. The molecule has 5 nitrogen and oxygen atoms in total. The Morgan fingerprint density at radius 1 is 1.00 bits per heavy atom. The zero-order valence-electron chi connectivity index (χ0n) is 14.2. The number of rotatable bonds is 4. The average Bonchev–Trinajstić information content (AvgIpc) is 3.17. The fourth-order valence-corrected chi connectivity index (χ4v) is 3.10. The summed E-state index contributed by atoms with van der Waals surface area (Å²) in [6, 6.07) is 19.1. The predicted octanol–water partition coefficient (Wildman–Crippen LogP) is 4.40. The van der Waals surface area contributed by atoms with Crippen LogP contribution in [0.25, 0.3) is 0 Å². The average molecular weight is 382 g/mol. The Labute approximate surface area is 161 Å². The zero-order valence-corrected chi connectivity index (χ0v) is 14.9. The van der Waals surface area contributed by atoms with Crippen molar-refractivity contribution in [3.8, 4) is 11.5 Å². The van der Waals surface area contributed by atoms with Gasteiger partial charge in [-0.3, -0.25) is 4.79 Å². The molecule has 0 aliphatic carbocycles. The van der Waals surface area contributed by atoms with Crippen molar-refractivity contribution in [2.75, 3.05) is 12.1 Å². The molecule has 0 saturated carbocycles. The summed E-state index contributed by atoms with van der Waals surface area (Å²) in [5, 5.41) is 14.1. The number of halogens is 1. The Morgan fingerprint density at radius 3 is 2.59 bits per heavy atom. The van der Waals surface area contributed by atoms with E-state index in [4.69, 9.17) is 21.1 Å². The molecule has 0 bridgehead atoms. The number of aliphatic hydroxyl groups is 1. The molecule has 6 heteroatoms. The Balaban J connectivity index is 1.63. The molecule has 0 fully saturated rings. The molecule has 0 unspecified atom stereocenters. The van der Waals surface area contributed by atoms with Crippen LogP contribution >= 0.6 is 11.6 Å². The van der Waals surface area contributed by atoms with Gasteiger partial charge in [0.25, 0.3) is 5.91 Å². The second kappa shape index (κ2) is 7.31. The highest BCUT2D eigenvalue weighted by molar-refractivity contribution is 6.30. The van der Waals surface area contributed by atoms with Crippen molar-refractivity contribution >= 4 is 23.2 Å². The lowest BCUT2D eigenvalue weighted by Crippen LogP contribution is -2.14. The van der Waals surface area contributed by atoms with Gasteiger partial charge in [-0.15, -0.1) is 0 Å². The van der Waals surface area contributed by atoms with Gasteiger partial charge in [-0.2, -0.15) is 0 Å². The summed E-state index contributed by atoms with van der Waals surface area (Å²) in [6.07, 6.45) is -0.919. The lowest BCUT2D eigenvalue weighted by molar-refractivity contribution is 0.102. The molecular weight excluding hydrogens is 366 g/mol. The number of aliphatic hydroxyl groups excluding tert-OH is 1. The summed E-state index contributed by atoms with van der Waals surface area (Å²) >= 11 is 6.11. The minimum Gasteiger partial charge on any atom is -0.454 e. The van der Waals surface area contributed by atoms with E-state index in [0.29, 0.717) is 38.9 Å². The molecule has 1 aliphatic heterocycles. The van der Waals surface area contributed by atoms with Crippen molar-refractivity contribution in [1.29, 1.82) is 0 Å². The second-order valence-corrected chi connectivity index (χ2v) is 6.50. The first kappa shape index (κ1) is 17.4. The van der Waals surface area contributed by atoms with Crippen LogP contribution < -0.4 is 14.8 Å². The van der Waals surface area contributed by atoms with Crippen molar-refractivity contribution in [3.63, 3.8) is 0 Å². The molecule has 1 amide bonds. The van der Waals surface area contributed by atoms with Crippen LogP contribution in [-0.2, 0) is 0 Å². The molecular formula is C21H16ClNO4. The number of hydrogen-bond donors (Lipinski definition) is 2. The second-order valence-electron chi connectivity index (χ2n) is 6.07. The number of carbonyl (C=O) groups is 1. The summed E-state index contributed by atoms with van der Waals surface area (Å²) in [5.74, 6) is 0.818. The van der Waals surface area contributed by atoms with Crippen LogP contribution in [0.5, 0.6) is 11.5 Å². The van der Waals surface area contributed by atoms with Gasteiger partial charge in [-0.25, -0.2) is 0 Å². The van der Waals surface area contributed by atoms with E-state index < -0.39 is 6.10 Å². The van der Waals surface area contributed by atoms with Gasteiger partial charge in [0.1, 0.15) is 6.10 Å². The minimum absolute atomic E-state index is 0.144. The first-order valence-corrected chi connectivity index (χ1v) is 8.73. The Hall–Kier alpha value is -3.02. The standard InChI is InChI=1S/C21H16ClNO4/c22-15-7-8-17(16(11-15)20(24)13-4-2-1-3-5-13)23-21(25)14-6-9-18-19(10-14)27-12-26-18/h1-11,20,24H,12H2,(H,23,25)/t20-/m0/s1. The summed E-state index contributed by atoms with van der Waals surface area (Å²) in [5.41, 5.74) is 2.13. The molecule has 0 radical (unpaired) electrons. The van der Waals surface area contributed by atoms with Gasteiger partial charge >= 0.3 is 0 Å². The van der Waals surface area contributed by atoms with Gasteiger partial charge in [-0.1, -0.05) is 41.9 Å². The fourth-order valence-electron chi connectivity index (χ4n) is 2.92.